The van der Waals surface area contributed by atoms with Crippen molar-refractivity contribution in [3.8, 4) is 5.75 Å². The summed E-state index contributed by atoms with van der Waals surface area (Å²) in [5, 5.41) is 0. The van der Waals surface area contributed by atoms with Crippen molar-refractivity contribution in [2.75, 3.05) is 0 Å². The molecule has 0 fully saturated rings. The molecule has 0 atom stereocenters. The minimum absolute atomic E-state index is 0.153. The van der Waals surface area contributed by atoms with Gasteiger partial charge in [0.25, 0.3) is 0 Å². The minimum atomic E-state index is -0.276. The number of nitrogens with zero attached hydrogens (tertiary/aromatic N) is 1. The standard InChI is InChI=1S/C22H18Br2FNO/c1-14-7-8-18(9-15(14)2)26-12-16-10-19(23)22(20(24)11-16)27-13-17-5-3-4-6-21(17)25/h3-12H,13H2,1-2H3. The van der Waals surface area contributed by atoms with Gasteiger partial charge in [0, 0.05) is 11.8 Å². The summed E-state index contributed by atoms with van der Waals surface area (Å²) in [6.07, 6.45) is 1.81. The third kappa shape index (κ3) is 5.05. The molecule has 0 aliphatic heterocycles. The number of hydrogen-bond acceptors (Lipinski definition) is 2. The summed E-state index contributed by atoms with van der Waals surface area (Å²) in [4.78, 5) is 4.54. The van der Waals surface area contributed by atoms with E-state index in [-0.39, 0.29) is 12.4 Å². The lowest BCUT2D eigenvalue weighted by Gasteiger charge is -2.12. The molecule has 138 valence electrons. The second-order valence-corrected chi connectivity index (χ2v) is 7.93. The molecular weight excluding hydrogens is 473 g/mol. The quantitative estimate of drug-likeness (QED) is 0.344. The predicted molar refractivity (Wildman–Crippen MR) is 116 cm³/mol. The van der Waals surface area contributed by atoms with E-state index in [2.05, 4.69) is 62.8 Å². The summed E-state index contributed by atoms with van der Waals surface area (Å²) >= 11 is 7.05. The Morgan fingerprint density at radius 1 is 0.963 bits per heavy atom. The monoisotopic (exact) mass is 489 g/mol. The van der Waals surface area contributed by atoms with Gasteiger partial charge in [0.2, 0.25) is 0 Å². The van der Waals surface area contributed by atoms with E-state index in [1.54, 1.807) is 24.4 Å². The van der Waals surface area contributed by atoms with Crippen LogP contribution in [0.3, 0.4) is 0 Å². The summed E-state index contributed by atoms with van der Waals surface area (Å²) in [6, 6.07) is 16.5. The first-order valence-corrected chi connectivity index (χ1v) is 9.99. The maximum absolute atomic E-state index is 13.8. The molecule has 0 saturated heterocycles. The zero-order valence-electron chi connectivity index (χ0n) is 15.0. The molecule has 0 aliphatic carbocycles. The predicted octanol–water partition coefficient (Wildman–Crippen LogP) is 7.30. The van der Waals surface area contributed by atoms with E-state index in [4.69, 9.17) is 4.74 Å². The molecule has 0 saturated carbocycles. The minimum Gasteiger partial charge on any atom is -0.486 e. The number of benzene rings is 3. The van der Waals surface area contributed by atoms with Gasteiger partial charge in [-0.3, -0.25) is 4.99 Å². The summed E-state index contributed by atoms with van der Waals surface area (Å²) in [5.74, 6) is 0.350. The summed E-state index contributed by atoms with van der Waals surface area (Å²) < 4.78 is 21.1. The molecule has 0 spiro atoms. The van der Waals surface area contributed by atoms with E-state index < -0.39 is 0 Å². The van der Waals surface area contributed by atoms with Crippen molar-refractivity contribution < 1.29 is 9.13 Å². The average Bonchev–Trinajstić information content (AvgIpc) is 2.63. The molecule has 0 aromatic heterocycles. The third-order valence-electron chi connectivity index (χ3n) is 4.20. The fourth-order valence-corrected chi connectivity index (χ4v) is 3.96. The van der Waals surface area contributed by atoms with Gasteiger partial charge < -0.3 is 4.74 Å². The van der Waals surface area contributed by atoms with Gasteiger partial charge in [-0.15, -0.1) is 0 Å². The van der Waals surface area contributed by atoms with E-state index >= 15 is 0 Å². The van der Waals surface area contributed by atoms with Crippen LogP contribution in [0.5, 0.6) is 5.75 Å². The van der Waals surface area contributed by atoms with Crippen LogP contribution in [0.15, 0.2) is 68.5 Å². The SMILES string of the molecule is Cc1ccc(N=Cc2cc(Br)c(OCc3ccccc3F)c(Br)c2)cc1C. The number of rotatable bonds is 5. The lowest BCUT2D eigenvalue weighted by Crippen LogP contribution is -2.00. The normalized spacial score (nSPS) is 11.1. The van der Waals surface area contributed by atoms with Crippen molar-refractivity contribution in [2.24, 2.45) is 4.99 Å². The first-order valence-electron chi connectivity index (χ1n) is 8.40. The van der Waals surface area contributed by atoms with Crippen LogP contribution in [0.25, 0.3) is 0 Å². The molecule has 2 nitrogen and oxygen atoms in total. The highest BCUT2D eigenvalue weighted by Gasteiger charge is 2.10. The van der Waals surface area contributed by atoms with Crippen LogP contribution in [0.2, 0.25) is 0 Å². The number of aryl methyl sites for hydroxylation is 2. The van der Waals surface area contributed by atoms with E-state index in [0.717, 1.165) is 20.2 Å². The van der Waals surface area contributed by atoms with Crippen LogP contribution in [0, 0.1) is 19.7 Å². The molecule has 5 heteroatoms. The van der Waals surface area contributed by atoms with Crippen LogP contribution in [-0.2, 0) is 6.61 Å². The molecule has 3 rings (SSSR count). The Morgan fingerprint density at radius 2 is 1.67 bits per heavy atom. The topological polar surface area (TPSA) is 21.6 Å². The van der Waals surface area contributed by atoms with Crippen molar-refractivity contribution in [3.05, 3.63) is 91.6 Å². The van der Waals surface area contributed by atoms with Crippen LogP contribution in [0.4, 0.5) is 10.1 Å². The van der Waals surface area contributed by atoms with Gasteiger partial charge in [-0.25, -0.2) is 4.39 Å². The van der Waals surface area contributed by atoms with Crippen LogP contribution in [-0.4, -0.2) is 6.21 Å². The summed E-state index contributed by atoms with van der Waals surface area (Å²) in [6.45, 7) is 4.31. The van der Waals surface area contributed by atoms with Crippen molar-refractivity contribution in [3.63, 3.8) is 0 Å². The summed E-state index contributed by atoms with van der Waals surface area (Å²) in [7, 11) is 0. The van der Waals surface area contributed by atoms with Crippen LogP contribution < -0.4 is 4.74 Å². The first kappa shape index (κ1) is 19.8. The highest BCUT2D eigenvalue weighted by atomic mass is 79.9. The largest absolute Gasteiger partial charge is 0.486 e. The molecule has 0 heterocycles. The van der Waals surface area contributed by atoms with E-state index in [0.29, 0.717) is 11.3 Å². The first-order chi connectivity index (χ1) is 12.9. The van der Waals surface area contributed by atoms with Gasteiger partial charge in [-0.05, 0) is 92.7 Å². The number of halogens is 3. The molecule has 27 heavy (non-hydrogen) atoms. The number of aliphatic imine (C=N–C) groups is 1. The second kappa shape index (κ2) is 8.81. The smallest absolute Gasteiger partial charge is 0.148 e. The van der Waals surface area contributed by atoms with Crippen molar-refractivity contribution in [1.29, 1.82) is 0 Å². The fourth-order valence-electron chi connectivity index (χ4n) is 2.51. The average molecular weight is 491 g/mol. The highest BCUT2D eigenvalue weighted by Crippen LogP contribution is 2.35. The zero-order chi connectivity index (χ0) is 19.4. The van der Waals surface area contributed by atoms with E-state index in [1.807, 2.05) is 18.2 Å². The molecule has 0 aliphatic rings. The summed E-state index contributed by atoms with van der Waals surface area (Å²) in [5.41, 5.74) is 4.80. The molecule has 0 unspecified atom stereocenters. The molecule has 0 amide bonds. The van der Waals surface area contributed by atoms with E-state index in [9.17, 15) is 4.39 Å². The Hall–Kier alpha value is -1.98. The van der Waals surface area contributed by atoms with Crippen molar-refractivity contribution >= 4 is 43.8 Å². The van der Waals surface area contributed by atoms with Gasteiger partial charge in [0.05, 0.1) is 14.6 Å². The van der Waals surface area contributed by atoms with Gasteiger partial charge in [0.15, 0.2) is 0 Å². The van der Waals surface area contributed by atoms with Crippen LogP contribution >= 0.6 is 31.9 Å². The zero-order valence-corrected chi connectivity index (χ0v) is 18.1. The fraction of sp³-hybridized carbons (Fsp3) is 0.136. The maximum Gasteiger partial charge on any atom is 0.148 e. The lowest BCUT2D eigenvalue weighted by molar-refractivity contribution is 0.296. The molecular formula is C22H18Br2FNO. The lowest BCUT2D eigenvalue weighted by atomic mass is 10.1. The van der Waals surface area contributed by atoms with Gasteiger partial charge in [-0.1, -0.05) is 24.3 Å². The molecule has 0 N–H and O–H groups in total. The highest BCUT2D eigenvalue weighted by molar-refractivity contribution is 9.11. The Bertz CT molecular complexity index is 978. The Kier molecular flexibility index (Phi) is 6.45. The maximum atomic E-state index is 13.8. The van der Waals surface area contributed by atoms with Gasteiger partial charge in [-0.2, -0.15) is 0 Å². The van der Waals surface area contributed by atoms with Crippen molar-refractivity contribution in [2.45, 2.75) is 20.5 Å². The molecule has 0 radical (unpaired) electrons. The molecule has 0 bridgehead atoms. The number of ether oxygens (including phenoxy) is 1. The Labute approximate surface area is 175 Å². The second-order valence-electron chi connectivity index (χ2n) is 6.22. The van der Waals surface area contributed by atoms with Crippen molar-refractivity contribution in [1.82, 2.24) is 0 Å². The molecule has 3 aromatic rings. The van der Waals surface area contributed by atoms with Gasteiger partial charge in [0.1, 0.15) is 18.2 Å². The number of hydrogen-bond donors (Lipinski definition) is 0. The third-order valence-corrected chi connectivity index (χ3v) is 5.38. The Morgan fingerprint density at radius 3 is 2.33 bits per heavy atom. The van der Waals surface area contributed by atoms with E-state index in [1.165, 1.54) is 17.2 Å². The Balaban J connectivity index is 1.77. The van der Waals surface area contributed by atoms with Gasteiger partial charge >= 0.3 is 0 Å². The van der Waals surface area contributed by atoms with Crippen LogP contribution in [0.1, 0.15) is 22.3 Å². The molecule has 3 aromatic carbocycles.